The third-order valence-corrected chi connectivity index (χ3v) is 6.60. The molecule has 1 aliphatic heterocycles. The average Bonchev–Trinajstić information content (AvgIpc) is 3.53. The Hall–Kier alpha value is -2.41. The van der Waals surface area contributed by atoms with Crippen LogP contribution in [0, 0.1) is 17.2 Å². The molecule has 3 N–H and O–H groups in total. The molecule has 1 spiro atoms. The van der Waals surface area contributed by atoms with E-state index >= 15 is 0 Å². The van der Waals surface area contributed by atoms with Crippen molar-refractivity contribution in [1.82, 2.24) is 4.57 Å². The summed E-state index contributed by atoms with van der Waals surface area (Å²) in [6.45, 7) is 2.11. The van der Waals surface area contributed by atoms with Gasteiger partial charge in [0.1, 0.15) is 11.4 Å². The maximum atomic E-state index is 15.0. The summed E-state index contributed by atoms with van der Waals surface area (Å²) >= 11 is 0. The van der Waals surface area contributed by atoms with Crippen molar-refractivity contribution < 1.29 is 14.3 Å². The van der Waals surface area contributed by atoms with E-state index in [1.165, 1.54) is 12.3 Å². The maximum absolute atomic E-state index is 15.0. The van der Waals surface area contributed by atoms with Gasteiger partial charge in [-0.3, -0.25) is 4.79 Å². The number of rotatable bonds is 4. The summed E-state index contributed by atoms with van der Waals surface area (Å²) in [6.07, 6.45) is 5.56. The number of aromatic nitrogens is 1. The van der Waals surface area contributed by atoms with Gasteiger partial charge in [-0.05, 0) is 55.7 Å². The Morgan fingerprint density at radius 1 is 1.33 bits per heavy atom. The number of carbonyl (C=O) groups is 1. The Balaban J connectivity index is 1.66. The number of anilines is 1. The minimum Gasteiger partial charge on any atom is -0.477 e. The molecule has 1 saturated heterocycles. The van der Waals surface area contributed by atoms with Crippen molar-refractivity contribution in [3.63, 3.8) is 0 Å². The van der Waals surface area contributed by atoms with E-state index in [2.05, 4.69) is 0 Å². The quantitative estimate of drug-likeness (QED) is 0.861. The molecular weight excluding hydrogens is 349 g/mol. The van der Waals surface area contributed by atoms with Gasteiger partial charge in [-0.25, -0.2) is 9.18 Å². The Bertz CT molecular complexity index is 1020. The molecular formula is C20H22FN3O3. The van der Waals surface area contributed by atoms with Crippen molar-refractivity contribution in [3.05, 3.63) is 39.9 Å². The molecule has 1 atom stereocenters. The topological polar surface area (TPSA) is 88.6 Å². The highest BCUT2D eigenvalue weighted by molar-refractivity contribution is 5.93. The first kappa shape index (κ1) is 16.7. The lowest BCUT2D eigenvalue weighted by Gasteiger charge is -2.21. The normalized spacial score (nSPS) is 23.3. The molecule has 3 aliphatic rings. The van der Waals surface area contributed by atoms with Gasteiger partial charge in [0.2, 0.25) is 5.43 Å². The summed E-state index contributed by atoms with van der Waals surface area (Å²) in [5.41, 5.74) is 6.33. The molecule has 142 valence electrons. The molecule has 5 rings (SSSR count). The van der Waals surface area contributed by atoms with Crippen LogP contribution in [0.3, 0.4) is 0 Å². The summed E-state index contributed by atoms with van der Waals surface area (Å²) < 4.78 is 16.8. The fourth-order valence-corrected chi connectivity index (χ4v) is 4.68. The van der Waals surface area contributed by atoms with Crippen molar-refractivity contribution in [2.45, 2.75) is 31.7 Å². The van der Waals surface area contributed by atoms with Gasteiger partial charge < -0.3 is 20.3 Å². The zero-order valence-electron chi connectivity index (χ0n) is 14.9. The Kier molecular flexibility index (Phi) is 3.44. The van der Waals surface area contributed by atoms with Gasteiger partial charge in [0, 0.05) is 30.7 Å². The van der Waals surface area contributed by atoms with Gasteiger partial charge in [0.05, 0.1) is 11.2 Å². The molecule has 2 aromatic rings. The van der Waals surface area contributed by atoms with Crippen molar-refractivity contribution >= 4 is 22.6 Å². The smallest absolute Gasteiger partial charge is 0.341 e. The molecule has 6 nitrogen and oxygen atoms in total. The van der Waals surface area contributed by atoms with Crippen LogP contribution in [0.15, 0.2) is 23.1 Å². The minimum absolute atomic E-state index is 0.138. The fraction of sp³-hybridized carbons (Fsp3) is 0.500. The number of hydrogen-bond acceptors (Lipinski definition) is 4. The van der Waals surface area contributed by atoms with E-state index in [0.29, 0.717) is 23.7 Å². The van der Waals surface area contributed by atoms with Crippen LogP contribution < -0.4 is 16.1 Å². The number of carboxylic acid groups (broad SMARTS) is 1. The summed E-state index contributed by atoms with van der Waals surface area (Å²) in [7, 11) is 0. The zero-order valence-corrected chi connectivity index (χ0v) is 14.9. The third-order valence-electron chi connectivity index (χ3n) is 6.60. The van der Waals surface area contributed by atoms with Crippen LogP contribution in [0.25, 0.3) is 10.9 Å². The highest BCUT2D eigenvalue weighted by atomic mass is 19.1. The number of hydrogen-bond donors (Lipinski definition) is 2. The van der Waals surface area contributed by atoms with Gasteiger partial charge >= 0.3 is 5.97 Å². The number of nitrogens with two attached hydrogens (primary N) is 1. The van der Waals surface area contributed by atoms with E-state index in [9.17, 15) is 19.1 Å². The average molecular weight is 371 g/mol. The van der Waals surface area contributed by atoms with Crippen LogP contribution in [0.5, 0.6) is 0 Å². The van der Waals surface area contributed by atoms with Crippen molar-refractivity contribution in [3.8, 4) is 0 Å². The molecule has 0 radical (unpaired) electrons. The Morgan fingerprint density at radius 3 is 2.63 bits per heavy atom. The van der Waals surface area contributed by atoms with Gasteiger partial charge in [-0.15, -0.1) is 0 Å². The summed E-state index contributed by atoms with van der Waals surface area (Å²) in [4.78, 5) is 26.1. The molecule has 1 unspecified atom stereocenters. The number of carboxylic acids is 1. The molecule has 2 heterocycles. The summed E-state index contributed by atoms with van der Waals surface area (Å²) in [5, 5.41) is 9.48. The van der Waals surface area contributed by atoms with Crippen molar-refractivity contribution in [2.75, 3.05) is 24.5 Å². The predicted octanol–water partition coefficient (Wildman–Crippen LogP) is 2.35. The van der Waals surface area contributed by atoms with E-state index in [4.69, 9.17) is 5.73 Å². The molecule has 0 bridgehead atoms. The van der Waals surface area contributed by atoms with Gasteiger partial charge in [0.15, 0.2) is 0 Å². The van der Waals surface area contributed by atoms with Crippen LogP contribution in [-0.2, 0) is 0 Å². The van der Waals surface area contributed by atoms with Crippen LogP contribution in [-0.4, -0.2) is 35.3 Å². The highest BCUT2D eigenvalue weighted by Crippen LogP contribution is 2.56. The van der Waals surface area contributed by atoms with Crippen LogP contribution in [0.2, 0.25) is 0 Å². The van der Waals surface area contributed by atoms with Gasteiger partial charge in [-0.1, -0.05) is 0 Å². The molecule has 2 saturated carbocycles. The number of fused-ring (bicyclic) bond motifs is 1. The van der Waals surface area contributed by atoms with Crippen molar-refractivity contribution in [1.29, 1.82) is 0 Å². The third kappa shape index (κ3) is 2.48. The van der Waals surface area contributed by atoms with Crippen LogP contribution in [0.1, 0.15) is 42.1 Å². The van der Waals surface area contributed by atoms with E-state index in [1.54, 1.807) is 6.07 Å². The van der Waals surface area contributed by atoms with Gasteiger partial charge in [0.25, 0.3) is 0 Å². The first-order valence-corrected chi connectivity index (χ1v) is 9.50. The molecule has 1 aromatic heterocycles. The first-order valence-electron chi connectivity index (χ1n) is 9.50. The molecule has 3 fully saturated rings. The lowest BCUT2D eigenvalue weighted by molar-refractivity contribution is 0.0695. The second-order valence-electron chi connectivity index (χ2n) is 8.31. The molecule has 7 heteroatoms. The van der Waals surface area contributed by atoms with Gasteiger partial charge in [-0.2, -0.15) is 0 Å². The minimum atomic E-state index is -1.28. The van der Waals surface area contributed by atoms with Crippen molar-refractivity contribution in [2.24, 2.45) is 17.1 Å². The Labute approximate surface area is 155 Å². The first-order chi connectivity index (χ1) is 12.9. The van der Waals surface area contributed by atoms with E-state index in [0.717, 1.165) is 38.8 Å². The number of benzene rings is 1. The number of nitrogens with zero attached hydrogens (tertiary/aromatic N) is 2. The number of halogens is 1. The van der Waals surface area contributed by atoms with Crippen LogP contribution >= 0.6 is 0 Å². The van der Waals surface area contributed by atoms with E-state index < -0.39 is 17.2 Å². The van der Waals surface area contributed by atoms with E-state index in [-0.39, 0.29) is 22.4 Å². The Morgan fingerprint density at radius 2 is 2.07 bits per heavy atom. The van der Waals surface area contributed by atoms with E-state index in [1.807, 2.05) is 9.47 Å². The number of pyridine rings is 1. The lowest BCUT2D eigenvalue weighted by Crippen LogP contribution is -2.24. The second kappa shape index (κ2) is 5.55. The fourth-order valence-electron chi connectivity index (χ4n) is 4.68. The highest BCUT2D eigenvalue weighted by Gasteiger charge is 2.54. The lowest BCUT2D eigenvalue weighted by atomic mass is 9.93. The largest absolute Gasteiger partial charge is 0.477 e. The summed E-state index contributed by atoms with van der Waals surface area (Å²) in [6, 6.07) is 3.12. The molecule has 1 aromatic carbocycles. The SMILES string of the molecule is NCC1CN(c2cc3c(cc2F)c(=O)c(C(=O)O)cn3C2CC2)CC12CC2. The molecule has 27 heavy (non-hydrogen) atoms. The second-order valence-corrected chi connectivity index (χ2v) is 8.31. The number of aromatic carboxylic acids is 1. The molecule has 0 amide bonds. The monoisotopic (exact) mass is 371 g/mol. The maximum Gasteiger partial charge on any atom is 0.341 e. The molecule has 2 aliphatic carbocycles. The van der Waals surface area contributed by atoms with Crippen LogP contribution in [0.4, 0.5) is 10.1 Å². The summed E-state index contributed by atoms with van der Waals surface area (Å²) in [5.74, 6) is -1.38. The standard InChI is InChI=1S/C20H22FN3O3/c21-15-5-13-16(24(12-1-2-12)9-14(18(13)25)19(26)27)6-17(15)23-8-11(7-22)20(10-23)3-4-20/h5-6,9,11-12H,1-4,7-8,10,22H2,(H,26,27). The zero-order chi connectivity index (χ0) is 18.9. The predicted molar refractivity (Wildman–Crippen MR) is 99.8 cm³/mol.